The number of carbonyl (C=O) groups excluding carboxylic acids is 1. The molecule has 0 saturated carbocycles. The normalized spacial score (nSPS) is 16.1. The largest absolute Gasteiger partial charge is 0.361 e. The highest BCUT2D eigenvalue weighted by atomic mass is 32.2. The van der Waals surface area contributed by atoms with Crippen LogP contribution in [0.5, 0.6) is 0 Å². The molecular weight excluding hydrogens is 366 g/mol. The van der Waals surface area contributed by atoms with Gasteiger partial charge >= 0.3 is 0 Å². The highest BCUT2D eigenvalue weighted by molar-refractivity contribution is 7.89. The van der Waals surface area contributed by atoms with Gasteiger partial charge in [0, 0.05) is 24.3 Å². The monoisotopic (exact) mass is 391 g/mol. The molecule has 1 aliphatic heterocycles. The molecule has 3 rings (SSSR count). The van der Waals surface area contributed by atoms with E-state index < -0.39 is 10.0 Å². The molecule has 0 bridgehead atoms. The molecule has 2 heterocycles. The van der Waals surface area contributed by atoms with E-state index in [1.165, 1.54) is 0 Å². The Balaban J connectivity index is 1.67. The fourth-order valence-electron chi connectivity index (χ4n) is 3.26. The minimum absolute atomic E-state index is 0.162. The van der Waals surface area contributed by atoms with Crippen molar-refractivity contribution in [3.8, 4) is 0 Å². The van der Waals surface area contributed by atoms with Crippen molar-refractivity contribution in [1.82, 2.24) is 9.46 Å². The molecular formula is C19H25N3O4S. The predicted molar refractivity (Wildman–Crippen MR) is 102 cm³/mol. The molecule has 7 nitrogen and oxygen atoms in total. The molecule has 2 aromatic rings. The first-order valence-corrected chi connectivity index (χ1v) is 10.6. The van der Waals surface area contributed by atoms with Gasteiger partial charge in [0.05, 0.1) is 17.0 Å². The zero-order valence-corrected chi connectivity index (χ0v) is 16.5. The molecule has 1 aromatic carbocycles. The standard InChI is InChI=1S/C19H25N3O4S/c1-14-18(15(2)26-21-14)13-19(23)20-16-7-9-17(10-8-16)27(24,25)22-11-5-3-4-6-12-22/h7-10H,3-6,11-13H2,1-2H3,(H,20,23). The van der Waals surface area contributed by atoms with E-state index >= 15 is 0 Å². The maximum absolute atomic E-state index is 12.8. The number of aryl methyl sites for hydroxylation is 2. The van der Waals surface area contributed by atoms with Crippen LogP contribution in [0, 0.1) is 13.8 Å². The smallest absolute Gasteiger partial charge is 0.243 e. The summed E-state index contributed by atoms with van der Waals surface area (Å²) < 4.78 is 32.2. The second-order valence-electron chi connectivity index (χ2n) is 6.87. The maximum atomic E-state index is 12.8. The van der Waals surface area contributed by atoms with E-state index in [1.807, 2.05) is 0 Å². The molecule has 1 aromatic heterocycles. The van der Waals surface area contributed by atoms with Gasteiger partial charge < -0.3 is 9.84 Å². The van der Waals surface area contributed by atoms with Crippen molar-refractivity contribution in [3.05, 3.63) is 41.3 Å². The zero-order chi connectivity index (χ0) is 19.4. The highest BCUT2D eigenvalue weighted by Crippen LogP contribution is 2.22. The van der Waals surface area contributed by atoms with Crippen molar-refractivity contribution in [1.29, 1.82) is 0 Å². The summed E-state index contributed by atoms with van der Waals surface area (Å²) in [5.41, 5.74) is 2.02. The van der Waals surface area contributed by atoms with Crippen molar-refractivity contribution in [3.63, 3.8) is 0 Å². The van der Waals surface area contributed by atoms with E-state index in [-0.39, 0.29) is 17.2 Å². The van der Waals surface area contributed by atoms with Crippen LogP contribution >= 0.6 is 0 Å². The second-order valence-corrected chi connectivity index (χ2v) is 8.81. The lowest BCUT2D eigenvalue weighted by Gasteiger charge is -2.20. The molecule has 1 N–H and O–H groups in total. The minimum atomic E-state index is -3.48. The van der Waals surface area contributed by atoms with E-state index in [1.54, 1.807) is 42.4 Å². The maximum Gasteiger partial charge on any atom is 0.243 e. The number of hydrogen-bond donors (Lipinski definition) is 1. The fourth-order valence-corrected chi connectivity index (χ4v) is 4.78. The van der Waals surface area contributed by atoms with Crippen molar-refractivity contribution >= 4 is 21.6 Å². The Morgan fingerprint density at radius 3 is 2.30 bits per heavy atom. The summed E-state index contributed by atoms with van der Waals surface area (Å²) in [5.74, 6) is 0.425. The topological polar surface area (TPSA) is 92.5 Å². The van der Waals surface area contributed by atoms with Crippen LogP contribution in [0.3, 0.4) is 0 Å². The number of nitrogens with one attached hydrogen (secondary N) is 1. The summed E-state index contributed by atoms with van der Waals surface area (Å²) in [5, 5.41) is 6.63. The van der Waals surface area contributed by atoms with Gasteiger partial charge in [-0.15, -0.1) is 0 Å². The Morgan fingerprint density at radius 1 is 1.11 bits per heavy atom. The summed E-state index contributed by atoms with van der Waals surface area (Å²) in [6.07, 6.45) is 4.10. The van der Waals surface area contributed by atoms with Gasteiger partial charge in [-0.2, -0.15) is 4.31 Å². The van der Waals surface area contributed by atoms with Gasteiger partial charge in [0.1, 0.15) is 5.76 Å². The van der Waals surface area contributed by atoms with Gasteiger partial charge in [-0.05, 0) is 51.0 Å². The third-order valence-corrected chi connectivity index (χ3v) is 6.77. The number of anilines is 1. The molecule has 8 heteroatoms. The van der Waals surface area contributed by atoms with Crippen LogP contribution in [-0.4, -0.2) is 36.9 Å². The van der Waals surface area contributed by atoms with E-state index in [4.69, 9.17) is 4.52 Å². The van der Waals surface area contributed by atoms with Crippen LogP contribution in [0.4, 0.5) is 5.69 Å². The third kappa shape index (κ3) is 4.56. The Bertz CT molecular complexity index is 876. The van der Waals surface area contributed by atoms with E-state index in [0.29, 0.717) is 30.2 Å². The Labute approximate surface area is 159 Å². The van der Waals surface area contributed by atoms with Gasteiger partial charge in [-0.25, -0.2) is 8.42 Å². The molecule has 146 valence electrons. The number of aromatic nitrogens is 1. The number of nitrogens with zero attached hydrogens (tertiary/aromatic N) is 2. The van der Waals surface area contributed by atoms with Crippen molar-refractivity contribution in [2.24, 2.45) is 0 Å². The lowest BCUT2D eigenvalue weighted by atomic mass is 10.1. The second kappa shape index (κ2) is 8.22. The number of carbonyl (C=O) groups is 1. The lowest BCUT2D eigenvalue weighted by Crippen LogP contribution is -2.31. The summed E-state index contributed by atoms with van der Waals surface area (Å²) in [4.78, 5) is 12.5. The van der Waals surface area contributed by atoms with Crippen molar-refractivity contribution in [2.45, 2.75) is 50.8 Å². The summed E-state index contributed by atoms with van der Waals surface area (Å²) in [6.45, 7) is 4.70. The zero-order valence-electron chi connectivity index (χ0n) is 15.7. The molecule has 1 saturated heterocycles. The van der Waals surface area contributed by atoms with Gasteiger partial charge in [0.15, 0.2) is 0 Å². The molecule has 0 atom stereocenters. The van der Waals surface area contributed by atoms with Crippen LogP contribution in [0.2, 0.25) is 0 Å². The Hall–Kier alpha value is -2.19. The molecule has 1 aliphatic rings. The Kier molecular flexibility index (Phi) is 5.96. The number of benzene rings is 1. The molecule has 0 radical (unpaired) electrons. The molecule has 0 unspecified atom stereocenters. The molecule has 0 spiro atoms. The summed E-state index contributed by atoms with van der Waals surface area (Å²) >= 11 is 0. The number of amides is 1. The molecule has 0 aliphatic carbocycles. The highest BCUT2D eigenvalue weighted by Gasteiger charge is 2.25. The summed E-state index contributed by atoms with van der Waals surface area (Å²) in [6, 6.07) is 6.34. The van der Waals surface area contributed by atoms with Crippen molar-refractivity contribution < 1.29 is 17.7 Å². The van der Waals surface area contributed by atoms with E-state index in [0.717, 1.165) is 31.2 Å². The van der Waals surface area contributed by atoms with Gasteiger partial charge in [0.25, 0.3) is 0 Å². The first-order chi connectivity index (χ1) is 12.9. The molecule has 1 amide bonds. The van der Waals surface area contributed by atoms with Crippen LogP contribution < -0.4 is 5.32 Å². The predicted octanol–water partition coefficient (Wildman–Crippen LogP) is 3.04. The van der Waals surface area contributed by atoms with Crippen LogP contribution in [0.15, 0.2) is 33.7 Å². The number of hydrogen-bond acceptors (Lipinski definition) is 5. The van der Waals surface area contributed by atoms with Gasteiger partial charge in [-0.1, -0.05) is 18.0 Å². The van der Waals surface area contributed by atoms with Crippen LogP contribution in [0.25, 0.3) is 0 Å². The van der Waals surface area contributed by atoms with Crippen molar-refractivity contribution in [2.75, 3.05) is 18.4 Å². The average molecular weight is 391 g/mol. The first-order valence-electron chi connectivity index (χ1n) is 9.20. The Morgan fingerprint density at radius 2 is 1.74 bits per heavy atom. The van der Waals surface area contributed by atoms with E-state index in [2.05, 4.69) is 10.5 Å². The number of rotatable bonds is 5. The van der Waals surface area contributed by atoms with E-state index in [9.17, 15) is 13.2 Å². The summed E-state index contributed by atoms with van der Waals surface area (Å²) in [7, 11) is -3.48. The van der Waals surface area contributed by atoms with Gasteiger partial charge in [0.2, 0.25) is 15.9 Å². The molecule has 27 heavy (non-hydrogen) atoms. The lowest BCUT2D eigenvalue weighted by molar-refractivity contribution is -0.115. The quantitative estimate of drug-likeness (QED) is 0.846. The van der Waals surface area contributed by atoms with Crippen LogP contribution in [0.1, 0.15) is 42.7 Å². The first kappa shape index (κ1) is 19.6. The SMILES string of the molecule is Cc1noc(C)c1CC(=O)Nc1ccc(S(=O)(=O)N2CCCCCC2)cc1. The van der Waals surface area contributed by atoms with Crippen LogP contribution in [-0.2, 0) is 21.2 Å². The third-order valence-electron chi connectivity index (χ3n) is 4.86. The van der Waals surface area contributed by atoms with Gasteiger partial charge in [-0.3, -0.25) is 4.79 Å². The number of sulfonamides is 1. The fraction of sp³-hybridized carbons (Fsp3) is 0.474. The molecule has 1 fully saturated rings. The average Bonchev–Trinajstić information content (AvgIpc) is 2.86. The minimum Gasteiger partial charge on any atom is -0.361 e.